The molecule has 4 rings (SSSR count). The third kappa shape index (κ3) is 3.69. The lowest BCUT2D eigenvalue weighted by atomic mass is 10.0. The maximum atomic E-state index is 12.5. The first-order chi connectivity index (χ1) is 12.6. The number of hydrogen-bond acceptors (Lipinski definition) is 2. The number of anilines is 2. The van der Waals surface area contributed by atoms with E-state index < -0.39 is 0 Å². The first-order valence-electron chi connectivity index (χ1n) is 9.66. The van der Waals surface area contributed by atoms with Crippen molar-refractivity contribution >= 4 is 17.4 Å². The van der Waals surface area contributed by atoms with Gasteiger partial charge in [-0.3, -0.25) is 0 Å². The number of carbonyl (C=O) groups excluding carboxylic acids is 1. The van der Waals surface area contributed by atoms with Crippen LogP contribution in [-0.2, 0) is 5.54 Å². The van der Waals surface area contributed by atoms with Crippen molar-refractivity contribution in [3.63, 3.8) is 0 Å². The maximum absolute atomic E-state index is 12.5. The first-order valence-corrected chi connectivity index (χ1v) is 9.66. The van der Waals surface area contributed by atoms with Crippen LogP contribution < -0.4 is 15.5 Å². The Bertz CT molecular complexity index is 757. The molecule has 1 saturated heterocycles. The van der Waals surface area contributed by atoms with Crippen molar-refractivity contribution in [2.24, 2.45) is 0 Å². The Balaban J connectivity index is 1.36. The molecule has 0 spiro atoms. The predicted octanol–water partition coefficient (Wildman–Crippen LogP) is 4.80. The molecule has 4 nitrogen and oxygen atoms in total. The summed E-state index contributed by atoms with van der Waals surface area (Å²) in [5, 5.41) is 6.15. The molecule has 1 aliphatic carbocycles. The number of piperidine rings is 1. The van der Waals surface area contributed by atoms with Crippen molar-refractivity contribution in [3.05, 3.63) is 59.7 Å². The number of rotatable bonds is 4. The van der Waals surface area contributed by atoms with E-state index in [0.717, 1.165) is 31.6 Å². The minimum Gasteiger partial charge on any atom is -0.372 e. The Labute approximate surface area is 155 Å². The molecular weight excluding hydrogens is 322 g/mol. The van der Waals surface area contributed by atoms with Crippen LogP contribution in [0.1, 0.15) is 43.2 Å². The Morgan fingerprint density at radius 2 is 1.58 bits per heavy atom. The Hall–Kier alpha value is -2.49. The van der Waals surface area contributed by atoms with Crippen molar-refractivity contribution in [1.82, 2.24) is 5.32 Å². The smallest absolute Gasteiger partial charge is 0.319 e. The van der Waals surface area contributed by atoms with E-state index in [-0.39, 0.29) is 11.6 Å². The van der Waals surface area contributed by atoms with E-state index in [2.05, 4.69) is 58.9 Å². The summed E-state index contributed by atoms with van der Waals surface area (Å²) in [5.41, 5.74) is 4.32. The molecule has 0 atom stereocenters. The lowest BCUT2D eigenvalue weighted by Crippen LogP contribution is -2.38. The second-order valence-corrected chi connectivity index (χ2v) is 7.62. The Morgan fingerprint density at radius 3 is 2.19 bits per heavy atom. The van der Waals surface area contributed by atoms with Gasteiger partial charge in [0, 0.05) is 24.5 Å². The van der Waals surface area contributed by atoms with E-state index in [1.807, 2.05) is 12.1 Å². The monoisotopic (exact) mass is 349 g/mol. The van der Waals surface area contributed by atoms with Gasteiger partial charge < -0.3 is 15.5 Å². The Morgan fingerprint density at radius 1 is 0.923 bits per heavy atom. The molecule has 2 aromatic rings. The van der Waals surface area contributed by atoms with Gasteiger partial charge in [0.2, 0.25) is 0 Å². The summed E-state index contributed by atoms with van der Waals surface area (Å²) in [6.07, 6.45) is 5.86. The second kappa shape index (κ2) is 7.02. The normalized spacial score (nSPS) is 18.3. The zero-order chi connectivity index (χ0) is 18.0. The van der Waals surface area contributed by atoms with Crippen LogP contribution in [0.2, 0.25) is 0 Å². The lowest BCUT2D eigenvalue weighted by molar-refractivity contribution is 0.247. The van der Waals surface area contributed by atoms with Crippen molar-refractivity contribution in [2.75, 3.05) is 23.3 Å². The largest absolute Gasteiger partial charge is 0.372 e. The summed E-state index contributed by atoms with van der Waals surface area (Å²) in [7, 11) is 0. The van der Waals surface area contributed by atoms with Gasteiger partial charge in [-0.2, -0.15) is 0 Å². The molecular formula is C22H27N3O. The summed E-state index contributed by atoms with van der Waals surface area (Å²) < 4.78 is 0. The number of hydrogen-bond donors (Lipinski definition) is 2. The van der Waals surface area contributed by atoms with Crippen LogP contribution in [0.5, 0.6) is 0 Å². The van der Waals surface area contributed by atoms with Crippen LogP contribution in [0.4, 0.5) is 16.2 Å². The van der Waals surface area contributed by atoms with Gasteiger partial charge in [0.25, 0.3) is 0 Å². The molecule has 2 amide bonds. The number of amides is 2. The van der Waals surface area contributed by atoms with Gasteiger partial charge in [0.05, 0.1) is 5.54 Å². The van der Waals surface area contributed by atoms with Crippen LogP contribution in [0.15, 0.2) is 48.5 Å². The quantitative estimate of drug-likeness (QED) is 0.833. The average molecular weight is 349 g/mol. The highest BCUT2D eigenvalue weighted by Crippen LogP contribution is 2.45. The van der Waals surface area contributed by atoms with E-state index in [0.29, 0.717) is 0 Å². The molecule has 26 heavy (non-hydrogen) atoms. The summed E-state index contributed by atoms with van der Waals surface area (Å²) in [6.45, 7) is 4.34. The number of nitrogens with zero attached hydrogens (tertiary/aromatic N) is 1. The highest BCUT2D eigenvalue weighted by molar-refractivity contribution is 5.90. The molecule has 2 fully saturated rings. The molecule has 0 unspecified atom stereocenters. The van der Waals surface area contributed by atoms with Gasteiger partial charge in [-0.1, -0.05) is 29.8 Å². The lowest BCUT2D eigenvalue weighted by Gasteiger charge is -2.28. The van der Waals surface area contributed by atoms with Crippen LogP contribution in [0, 0.1) is 6.92 Å². The predicted molar refractivity (Wildman–Crippen MR) is 107 cm³/mol. The fourth-order valence-corrected chi connectivity index (χ4v) is 3.77. The van der Waals surface area contributed by atoms with E-state index >= 15 is 0 Å². The zero-order valence-corrected chi connectivity index (χ0v) is 15.4. The van der Waals surface area contributed by atoms with Gasteiger partial charge in [0.1, 0.15) is 0 Å². The van der Waals surface area contributed by atoms with Crippen molar-refractivity contribution in [2.45, 2.75) is 44.6 Å². The average Bonchev–Trinajstić information content (AvgIpc) is 3.44. The number of nitrogens with one attached hydrogen (secondary N) is 2. The van der Waals surface area contributed by atoms with Crippen molar-refractivity contribution < 1.29 is 4.79 Å². The van der Waals surface area contributed by atoms with Crippen LogP contribution >= 0.6 is 0 Å². The minimum absolute atomic E-state index is 0.131. The van der Waals surface area contributed by atoms with E-state index in [4.69, 9.17) is 0 Å². The number of carbonyl (C=O) groups is 1. The molecule has 2 N–H and O–H groups in total. The zero-order valence-electron chi connectivity index (χ0n) is 15.4. The summed E-state index contributed by atoms with van der Waals surface area (Å²) >= 11 is 0. The fourth-order valence-electron chi connectivity index (χ4n) is 3.77. The summed E-state index contributed by atoms with van der Waals surface area (Å²) in [5.74, 6) is 0. The Kier molecular flexibility index (Phi) is 4.58. The first kappa shape index (κ1) is 17.0. The van der Waals surface area contributed by atoms with Gasteiger partial charge >= 0.3 is 6.03 Å². The molecule has 4 heteroatoms. The molecule has 2 aliphatic rings. The topological polar surface area (TPSA) is 44.4 Å². The van der Waals surface area contributed by atoms with Crippen LogP contribution in [0.3, 0.4) is 0 Å². The molecule has 0 radical (unpaired) electrons. The SMILES string of the molecule is Cc1ccc(C2(NC(=O)Nc3ccc(N4CCCCC4)cc3)CC2)cc1. The highest BCUT2D eigenvalue weighted by atomic mass is 16.2. The van der Waals surface area contributed by atoms with Crippen LogP contribution in [0.25, 0.3) is 0 Å². The summed E-state index contributed by atoms with van der Waals surface area (Å²) in [4.78, 5) is 14.9. The molecule has 1 aliphatic heterocycles. The molecule has 1 saturated carbocycles. The number of aryl methyl sites for hydroxylation is 1. The van der Waals surface area contributed by atoms with E-state index in [9.17, 15) is 4.79 Å². The molecule has 0 bridgehead atoms. The van der Waals surface area contributed by atoms with Crippen LogP contribution in [-0.4, -0.2) is 19.1 Å². The third-order valence-electron chi connectivity index (χ3n) is 5.55. The highest BCUT2D eigenvalue weighted by Gasteiger charge is 2.45. The van der Waals surface area contributed by atoms with Crippen molar-refractivity contribution in [3.8, 4) is 0 Å². The minimum atomic E-state index is -0.189. The molecule has 136 valence electrons. The standard InChI is InChI=1S/C22H27N3O/c1-17-5-7-18(8-6-17)22(13-14-22)24-21(26)23-19-9-11-20(12-10-19)25-15-3-2-4-16-25/h5-12H,2-4,13-16H2,1H3,(H2,23,24,26). The number of benzene rings is 2. The van der Waals surface area contributed by atoms with E-state index in [1.54, 1.807) is 0 Å². The van der Waals surface area contributed by atoms with Gasteiger partial charge in [0.15, 0.2) is 0 Å². The fraction of sp³-hybridized carbons (Fsp3) is 0.409. The van der Waals surface area contributed by atoms with Gasteiger partial charge in [-0.15, -0.1) is 0 Å². The maximum Gasteiger partial charge on any atom is 0.319 e. The number of urea groups is 1. The molecule has 1 heterocycles. The molecule has 2 aromatic carbocycles. The van der Waals surface area contributed by atoms with Crippen molar-refractivity contribution in [1.29, 1.82) is 0 Å². The van der Waals surface area contributed by atoms with Gasteiger partial charge in [-0.25, -0.2) is 4.79 Å². The third-order valence-corrected chi connectivity index (χ3v) is 5.55. The second-order valence-electron chi connectivity index (χ2n) is 7.62. The summed E-state index contributed by atoms with van der Waals surface area (Å²) in [6, 6.07) is 16.5. The molecule has 0 aromatic heterocycles. The van der Waals surface area contributed by atoms with E-state index in [1.165, 1.54) is 36.1 Å². The van der Waals surface area contributed by atoms with Gasteiger partial charge in [-0.05, 0) is 68.9 Å².